The molecule has 2 atom stereocenters. The number of carbonyl (C=O) groups is 3. The summed E-state index contributed by atoms with van der Waals surface area (Å²) in [4.78, 5) is 62.5. The Bertz CT molecular complexity index is 1390. The molecule has 41 heavy (non-hydrogen) atoms. The molecule has 0 spiro atoms. The summed E-state index contributed by atoms with van der Waals surface area (Å²) in [5, 5.41) is 34.1. The van der Waals surface area contributed by atoms with Gasteiger partial charge in [0.05, 0.1) is 17.5 Å². The number of oxime groups is 1. The first kappa shape index (κ1) is 41.4. The molecule has 4 heterocycles. The maximum atomic E-state index is 12.9. The number of nitrogen functional groups attached to an aromatic ring is 1. The fourth-order valence-corrected chi connectivity index (χ4v) is 6.33. The van der Waals surface area contributed by atoms with Crippen molar-refractivity contribution in [3.63, 3.8) is 0 Å². The molecule has 1 saturated heterocycles. The molecule has 2 aliphatic heterocycles. The van der Waals surface area contributed by atoms with Gasteiger partial charge in [0.2, 0.25) is 0 Å². The van der Waals surface area contributed by atoms with Crippen molar-refractivity contribution < 1.29 is 105 Å². The van der Waals surface area contributed by atoms with E-state index in [0.29, 0.717) is 5.57 Å². The molecule has 1 fully saturated rings. The molecular weight excluding hydrogens is 630 g/mol. The second-order valence-electron chi connectivity index (χ2n) is 7.21. The van der Waals surface area contributed by atoms with E-state index >= 15 is 0 Å². The summed E-state index contributed by atoms with van der Waals surface area (Å²) in [6, 6.07) is -1.03. The molecule has 9 N–H and O–H groups in total. The number of nitrogens with two attached hydrogens (primary N) is 1. The van der Waals surface area contributed by atoms with E-state index in [0.717, 1.165) is 32.7 Å². The minimum absolute atomic E-state index is 0. The number of fused-ring (bicyclic) bond motifs is 1. The van der Waals surface area contributed by atoms with Gasteiger partial charge >= 0.3 is 59.1 Å². The van der Waals surface area contributed by atoms with E-state index in [9.17, 15) is 29.4 Å². The van der Waals surface area contributed by atoms with Gasteiger partial charge in [-0.2, -0.15) is 10.1 Å². The zero-order chi connectivity index (χ0) is 26.1. The Morgan fingerprint density at radius 2 is 1.93 bits per heavy atom. The third-order valence-corrected chi connectivity index (χ3v) is 8.08. The normalized spacial score (nSPS) is 17.2. The van der Waals surface area contributed by atoms with Gasteiger partial charge in [-0.25, -0.2) is 9.67 Å². The third kappa shape index (κ3) is 8.64. The molecule has 0 aliphatic carbocycles. The fourth-order valence-electron chi connectivity index (χ4n) is 3.39. The smallest absolute Gasteiger partial charge is 0.854 e. The van der Waals surface area contributed by atoms with Crippen molar-refractivity contribution in [1.82, 2.24) is 30.0 Å². The molecule has 2 aliphatic rings. The van der Waals surface area contributed by atoms with Crippen LogP contribution in [0.4, 0.5) is 5.13 Å². The number of carboxylic acids is 1. The number of carbonyl (C=O) groups excluding carboxylic acids is 3. The largest absolute Gasteiger partial charge is 1.00 e. The molecule has 0 unspecified atom stereocenters. The van der Waals surface area contributed by atoms with E-state index < -0.39 is 40.6 Å². The molecular formula is C18H22N8Na2O10S3. The van der Waals surface area contributed by atoms with Crippen LogP contribution in [0.3, 0.4) is 0 Å². The molecule has 2 aromatic heterocycles. The first-order valence-corrected chi connectivity index (χ1v) is 12.8. The van der Waals surface area contributed by atoms with Gasteiger partial charge in [0.15, 0.2) is 16.0 Å². The quantitative estimate of drug-likeness (QED) is 0.0880. The van der Waals surface area contributed by atoms with Gasteiger partial charge in [0.25, 0.3) is 17.4 Å². The molecule has 2 amide bonds. The second kappa shape index (κ2) is 17.4. The number of aryl methyl sites for hydroxylation is 1. The number of carboxylic acid groups (broad SMARTS) is 1. The number of thioether (sulfide) groups is 2. The monoisotopic (exact) mass is 652 g/mol. The van der Waals surface area contributed by atoms with Gasteiger partial charge in [-0.1, -0.05) is 16.9 Å². The molecule has 214 valence electrons. The van der Waals surface area contributed by atoms with Crippen molar-refractivity contribution in [2.24, 2.45) is 12.2 Å². The number of hydrogen-bond donors (Lipinski definition) is 2. The maximum Gasteiger partial charge on any atom is 1.00 e. The number of nitrogens with one attached hydrogen (secondary N) is 1. The summed E-state index contributed by atoms with van der Waals surface area (Å²) < 4.78 is 1.11. The van der Waals surface area contributed by atoms with Crippen LogP contribution >= 0.6 is 34.9 Å². The predicted octanol–water partition coefficient (Wildman–Crippen LogP) is -11.6. The number of rotatable bonds is 8. The molecule has 2 aromatic rings. The van der Waals surface area contributed by atoms with Gasteiger partial charge in [-0.15, -0.1) is 23.1 Å². The maximum absolute atomic E-state index is 12.9. The summed E-state index contributed by atoms with van der Waals surface area (Å²) in [6.07, 6.45) is 0. The minimum atomic E-state index is -1.57. The van der Waals surface area contributed by atoms with E-state index in [-0.39, 0.29) is 114 Å². The summed E-state index contributed by atoms with van der Waals surface area (Å²) in [7, 11) is 2.66. The predicted molar refractivity (Wildman–Crippen MR) is 135 cm³/mol. The molecule has 18 nitrogen and oxygen atoms in total. The Labute approximate surface area is 287 Å². The Hall–Kier alpha value is -1.76. The Balaban J connectivity index is 0. The van der Waals surface area contributed by atoms with Crippen molar-refractivity contribution in [3.05, 3.63) is 32.7 Å². The Kier molecular flexibility index (Phi) is 17.5. The third-order valence-electron chi connectivity index (χ3n) is 4.96. The SMILES string of the molecule is CO/N=C(/C(=O)N[C@@H]1C(=O)N2C(C(=O)[O-])=C(CSc3nc(=O)c([O-])nn3C)CS[C@H]12)c1csc(N)n1.O.O.O.[Na+].[Na+]. The summed E-state index contributed by atoms with van der Waals surface area (Å²) in [5.41, 5.74) is 4.57. The topological polar surface area (TPSA) is 315 Å². The number of aromatic nitrogens is 4. The summed E-state index contributed by atoms with van der Waals surface area (Å²) in [5.74, 6) is -3.74. The van der Waals surface area contributed by atoms with Crippen LogP contribution in [-0.4, -0.2) is 94.6 Å². The number of anilines is 1. The number of nitrogens with zero attached hydrogens (tertiary/aromatic N) is 6. The summed E-state index contributed by atoms with van der Waals surface area (Å²) >= 11 is 3.31. The van der Waals surface area contributed by atoms with Gasteiger partial charge in [-0.05, 0) is 5.57 Å². The van der Waals surface area contributed by atoms with Gasteiger partial charge in [-0.3, -0.25) is 19.3 Å². The van der Waals surface area contributed by atoms with Crippen LogP contribution in [0, 0.1) is 0 Å². The van der Waals surface area contributed by atoms with E-state index in [1.54, 1.807) is 0 Å². The van der Waals surface area contributed by atoms with Crippen molar-refractivity contribution in [1.29, 1.82) is 0 Å². The van der Waals surface area contributed by atoms with Crippen molar-refractivity contribution in [2.75, 3.05) is 24.3 Å². The average molecular weight is 653 g/mol. The van der Waals surface area contributed by atoms with Crippen LogP contribution in [0.1, 0.15) is 5.69 Å². The number of thiazole rings is 1. The molecule has 0 saturated carbocycles. The number of β-lactam (4-membered cyclic amide) rings is 1. The van der Waals surface area contributed by atoms with Crippen LogP contribution in [0.25, 0.3) is 0 Å². The standard InChI is InChI=1S/C18H18N8O7S3.2Na.3H2O/c1-25-18(22-12(28)13(29)23-25)36-4-6-3-34-15-9(14(30)26(15)10(6)16(31)32)21-11(27)8(24-33-2)7-5-35-17(19)20-7;;;;;/h5,9,15H,3-4H2,1-2H3,(H2,19,20)(H,21,27)(H,23,29)(H,31,32);;;3*1H2/q;2*+1;;;/p-2/b24-8+;;;;;/t9-,15-;;;;;/m1...../s1. The number of amides is 2. The number of hydrogen-bond acceptors (Lipinski definition) is 15. The zero-order valence-electron chi connectivity index (χ0n) is 22.0. The minimum Gasteiger partial charge on any atom is -0.854 e. The molecule has 0 radical (unpaired) electrons. The molecule has 4 rings (SSSR count). The molecule has 0 aromatic carbocycles. The average Bonchev–Trinajstić information content (AvgIpc) is 3.27. The van der Waals surface area contributed by atoms with Crippen LogP contribution < -0.4 is 85.9 Å². The van der Waals surface area contributed by atoms with Crippen LogP contribution in [-0.2, 0) is 26.3 Å². The van der Waals surface area contributed by atoms with E-state index in [1.165, 1.54) is 31.3 Å². The fraction of sp³-hybridized carbons (Fsp3) is 0.333. The van der Waals surface area contributed by atoms with E-state index in [1.807, 2.05) is 0 Å². The first-order chi connectivity index (χ1) is 17.1. The van der Waals surface area contributed by atoms with Crippen LogP contribution in [0.5, 0.6) is 5.88 Å². The molecule has 0 bridgehead atoms. The van der Waals surface area contributed by atoms with E-state index in [4.69, 9.17) is 10.6 Å². The molecule has 23 heteroatoms. The Morgan fingerprint density at radius 3 is 2.49 bits per heavy atom. The number of aliphatic carboxylic acids is 1. The first-order valence-electron chi connectivity index (χ1n) is 9.89. The van der Waals surface area contributed by atoms with Gasteiger partial charge in [0.1, 0.15) is 24.2 Å². The van der Waals surface area contributed by atoms with Crippen LogP contribution in [0.15, 0.2) is 31.8 Å². The van der Waals surface area contributed by atoms with Crippen molar-refractivity contribution in [3.8, 4) is 5.88 Å². The van der Waals surface area contributed by atoms with Gasteiger partial charge in [0, 0.05) is 23.9 Å². The van der Waals surface area contributed by atoms with Crippen molar-refractivity contribution >= 4 is 63.5 Å². The zero-order valence-corrected chi connectivity index (χ0v) is 28.4. The summed E-state index contributed by atoms with van der Waals surface area (Å²) in [6.45, 7) is 0. The van der Waals surface area contributed by atoms with Crippen LogP contribution in [0.2, 0.25) is 0 Å². The van der Waals surface area contributed by atoms with E-state index in [2.05, 4.69) is 25.5 Å². The van der Waals surface area contributed by atoms with Crippen molar-refractivity contribution in [2.45, 2.75) is 16.6 Å². The van der Waals surface area contributed by atoms with Gasteiger partial charge < -0.3 is 47.3 Å². The second-order valence-corrected chi connectivity index (χ2v) is 10.1. The Morgan fingerprint density at radius 1 is 1.27 bits per heavy atom.